The van der Waals surface area contributed by atoms with Gasteiger partial charge in [-0.2, -0.15) is 13.2 Å². The zero-order valence-electron chi connectivity index (χ0n) is 16.7. The van der Waals surface area contributed by atoms with Crippen molar-refractivity contribution in [3.63, 3.8) is 0 Å². The lowest BCUT2D eigenvalue weighted by Crippen LogP contribution is -2.31. The average molecular weight is 419 g/mol. The van der Waals surface area contributed by atoms with Crippen LogP contribution in [0.1, 0.15) is 22.4 Å². The number of rotatable bonds is 3. The molecule has 1 aliphatic rings. The van der Waals surface area contributed by atoms with Crippen molar-refractivity contribution < 1.29 is 13.2 Å². The van der Waals surface area contributed by atoms with E-state index in [2.05, 4.69) is 57.3 Å². The molecule has 0 aliphatic carbocycles. The van der Waals surface area contributed by atoms with Gasteiger partial charge < -0.3 is 0 Å². The molecule has 0 saturated heterocycles. The van der Waals surface area contributed by atoms with Crippen LogP contribution in [-0.4, -0.2) is 21.4 Å². The molecule has 0 amide bonds. The molecule has 0 fully saturated rings. The van der Waals surface area contributed by atoms with Gasteiger partial charge >= 0.3 is 6.18 Å². The molecule has 3 aromatic carbocycles. The predicted octanol–water partition coefficient (Wildman–Crippen LogP) is 5.87. The molecule has 31 heavy (non-hydrogen) atoms. The zero-order valence-corrected chi connectivity index (χ0v) is 16.7. The SMILES string of the molecule is FC(F)(F)c1ccc(-c2ncc3c(n2)CCN(Cc2cccc4ccccc24)C3)cc1. The molecule has 3 nitrogen and oxygen atoms in total. The van der Waals surface area contributed by atoms with Crippen molar-refractivity contribution in [3.8, 4) is 11.4 Å². The summed E-state index contributed by atoms with van der Waals surface area (Å²) in [5.74, 6) is 0.468. The maximum atomic E-state index is 12.8. The molecule has 0 spiro atoms. The number of halogens is 3. The first kappa shape index (κ1) is 19.7. The number of nitrogens with zero attached hydrogens (tertiary/aromatic N) is 3. The largest absolute Gasteiger partial charge is 0.416 e. The molecule has 156 valence electrons. The van der Waals surface area contributed by atoms with Crippen LogP contribution in [0.5, 0.6) is 0 Å². The van der Waals surface area contributed by atoms with Crippen LogP contribution in [0.25, 0.3) is 22.2 Å². The molecule has 0 bridgehead atoms. The third-order valence-corrected chi connectivity index (χ3v) is 5.76. The quantitative estimate of drug-likeness (QED) is 0.416. The molecule has 0 N–H and O–H groups in total. The lowest BCUT2D eigenvalue weighted by molar-refractivity contribution is -0.137. The normalized spacial score (nSPS) is 14.5. The first-order chi connectivity index (χ1) is 15.0. The summed E-state index contributed by atoms with van der Waals surface area (Å²) in [4.78, 5) is 11.5. The van der Waals surface area contributed by atoms with Gasteiger partial charge in [0.25, 0.3) is 0 Å². The fourth-order valence-corrected chi connectivity index (χ4v) is 4.13. The van der Waals surface area contributed by atoms with E-state index in [0.717, 1.165) is 49.4 Å². The monoisotopic (exact) mass is 419 g/mol. The minimum atomic E-state index is -4.34. The van der Waals surface area contributed by atoms with Gasteiger partial charge in [-0.3, -0.25) is 4.90 Å². The summed E-state index contributed by atoms with van der Waals surface area (Å²) in [7, 11) is 0. The highest BCUT2D eigenvalue weighted by molar-refractivity contribution is 5.85. The van der Waals surface area contributed by atoms with E-state index >= 15 is 0 Å². The lowest BCUT2D eigenvalue weighted by atomic mass is 10.0. The summed E-state index contributed by atoms with van der Waals surface area (Å²) >= 11 is 0. The second-order valence-corrected chi connectivity index (χ2v) is 7.84. The molecule has 1 aliphatic heterocycles. The predicted molar refractivity (Wildman–Crippen MR) is 114 cm³/mol. The second kappa shape index (κ2) is 7.78. The van der Waals surface area contributed by atoms with Gasteiger partial charge in [0.05, 0.1) is 11.3 Å². The van der Waals surface area contributed by atoms with Crippen molar-refractivity contribution in [2.45, 2.75) is 25.7 Å². The molecule has 0 atom stereocenters. The number of benzene rings is 3. The molecule has 1 aromatic heterocycles. The maximum absolute atomic E-state index is 12.8. The van der Waals surface area contributed by atoms with Gasteiger partial charge in [0.15, 0.2) is 5.82 Å². The minimum Gasteiger partial charge on any atom is -0.294 e. The number of hydrogen-bond acceptors (Lipinski definition) is 3. The number of fused-ring (bicyclic) bond motifs is 2. The van der Waals surface area contributed by atoms with E-state index in [0.29, 0.717) is 11.4 Å². The summed E-state index contributed by atoms with van der Waals surface area (Å²) in [6, 6.07) is 19.8. The van der Waals surface area contributed by atoms with Crippen LogP contribution in [-0.2, 0) is 25.7 Å². The third-order valence-electron chi connectivity index (χ3n) is 5.76. The third kappa shape index (κ3) is 4.03. The molecular weight excluding hydrogens is 399 g/mol. The van der Waals surface area contributed by atoms with E-state index in [1.54, 1.807) is 0 Å². The molecule has 0 unspecified atom stereocenters. The van der Waals surface area contributed by atoms with Crippen molar-refractivity contribution >= 4 is 10.8 Å². The first-order valence-electron chi connectivity index (χ1n) is 10.2. The molecule has 4 aromatic rings. The summed E-state index contributed by atoms with van der Waals surface area (Å²) in [6.45, 7) is 2.48. The Balaban J connectivity index is 1.34. The van der Waals surface area contributed by atoms with Gasteiger partial charge in [0.1, 0.15) is 0 Å². The van der Waals surface area contributed by atoms with E-state index in [1.807, 2.05) is 6.20 Å². The van der Waals surface area contributed by atoms with Crippen LogP contribution >= 0.6 is 0 Å². The summed E-state index contributed by atoms with van der Waals surface area (Å²) in [6.07, 6.45) is -1.75. The van der Waals surface area contributed by atoms with E-state index in [-0.39, 0.29) is 0 Å². The van der Waals surface area contributed by atoms with Crippen molar-refractivity contribution in [1.29, 1.82) is 0 Å². The number of hydrogen-bond donors (Lipinski definition) is 0. The van der Waals surface area contributed by atoms with Gasteiger partial charge in [-0.05, 0) is 28.5 Å². The molecule has 2 heterocycles. The summed E-state index contributed by atoms with van der Waals surface area (Å²) < 4.78 is 38.4. The molecule has 5 rings (SSSR count). The summed E-state index contributed by atoms with van der Waals surface area (Å²) in [5, 5.41) is 2.51. The Kier molecular flexibility index (Phi) is 4.94. The minimum absolute atomic E-state index is 0.468. The highest BCUT2D eigenvalue weighted by atomic mass is 19.4. The smallest absolute Gasteiger partial charge is 0.294 e. The van der Waals surface area contributed by atoms with E-state index in [4.69, 9.17) is 0 Å². The molecule has 6 heteroatoms. The Morgan fingerprint density at radius 2 is 1.68 bits per heavy atom. The second-order valence-electron chi connectivity index (χ2n) is 7.84. The van der Waals surface area contributed by atoms with Crippen LogP contribution < -0.4 is 0 Å². The lowest BCUT2D eigenvalue weighted by Gasteiger charge is -2.28. The van der Waals surface area contributed by atoms with E-state index in [9.17, 15) is 13.2 Å². The fourth-order valence-electron chi connectivity index (χ4n) is 4.13. The van der Waals surface area contributed by atoms with Gasteiger partial charge in [0, 0.05) is 43.4 Å². The van der Waals surface area contributed by atoms with Crippen molar-refractivity contribution in [2.75, 3.05) is 6.54 Å². The standard InChI is InChI=1S/C25H20F3N3/c26-25(27,28)21-10-8-18(9-11-21)24-29-14-20-16-31(13-12-23(20)30-24)15-19-6-3-5-17-4-1-2-7-22(17)19/h1-11,14H,12-13,15-16H2. The van der Waals surface area contributed by atoms with Gasteiger partial charge in [-0.25, -0.2) is 9.97 Å². The van der Waals surface area contributed by atoms with E-state index in [1.165, 1.54) is 28.5 Å². The maximum Gasteiger partial charge on any atom is 0.416 e. The molecule has 0 radical (unpaired) electrons. The van der Waals surface area contributed by atoms with Crippen molar-refractivity contribution in [1.82, 2.24) is 14.9 Å². The highest BCUT2D eigenvalue weighted by Crippen LogP contribution is 2.31. The van der Waals surface area contributed by atoms with Crippen LogP contribution in [0.3, 0.4) is 0 Å². The van der Waals surface area contributed by atoms with Crippen molar-refractivity contribution in [2.24, 2.45) is 0 Å². The van der Waals surface area contributed by atoms with Crippen LogP contribution in [0.2, 0.25) is 0 Å². The molecular formula is C25H20F3N3. The Morgan fingerprint density at radius 3 is 2.48 bits per heavy atom. The zero-order chi connectivity index (χ0) is 21.4. The number of aromatic nitrogens is 2. The topological polar surface area (TPSA) is 29.0 Å². The Morgan fingerprint density at radius 1 is 0.903 bits per heavy atom. The fraction of sp³-hybridized carbons (Fsp3) is 0.200. The van der Waals surface area contributed by atoms with E-state index < -0.39 is 11.7 Å². The summed E-state index contributed by atoms with van der Waals surface area (Å²) in [5.41, 5.74) is 3.26. The highest BCUT2D eigenvalue weighted by Gasteiger charge is 2.30. The van der Waals surface area contributed by atoms with Crippen LogP contribution in [0, 0.1) is 0 Å². The Labute approximate surface area is 178 Å². The molecule has 0 saturated carbocycles. The van der Waals surface area contributed by atoms with Crippen molar-refractivity contribution in [3.05, 3.63) is 95.3 Å². The Hall–Kier alpha value is -3.25. The first-order valence-corrected chi connectivity index (χ1v) is 10.2. The number of alkyl halides is 3. The van der Waals surface area contributed by atoms with Gasteiger partial charge in [0.2, 0.25) is 0 Å². The Bertz CT molecular complexity index is 1230. The van der Waals surface area contributed by atoms with Crippen LogP contribution in [0.4, 0.5) is 13.2 Å². The average Bonchev–Trinajstić information content (AvgIpc) is 2.78. The van der Waals surface area contributed by atoms with Gasteiger partial charge in [-0.15, -0.1) is 0 Å². The van der Waals surface area contributed by atoms with Crippen LogP contribution in [0.15, 0.2) is 72.9 Å². The van der Waals surface area contributed by atoms with Gasteiger partial charge in [-0.1, -0.05) is 54.6 Å².